The van der Waals surface area contributed by atoms with E-state index in [0.29, 0.717) is 4.90 Å². The number of carboxylic acid groups (broad SMARTS) is 2. The molecule has 2 unspecified atom stereocenters. The second-order valence-corrected chi connectivity index (χ2v) is 4.29. The van der Waals surface area contributed by atoms with Crippen molar-refractivity contribution in [1.29, 1.82) is 0 Å². The summed E-state index contributed by atoms with van der Waals surface area (Å²) in [6.45, 7) is -0.671. The van der Waals surface area contributed by atoms with E-state index >= 15 is 0 Å². The number of imide groups is 1. The van der Waals surface area contributed by atoms with Gasteiger partial charge in [0.15, 0.2) is 17.5 Å². The lowest BCUT2D eigenvalue weighted by Gasteiger charge is -2.22. The summed E-state index contributed by atoms with van der Waals surface area (Å²) in [6, 6.07) is -2.83. The zero-order valence-corrected chi connectivity index (χ0v) is 11.3. The molecule has 0 aromatic heterocycles. The number of aliphatic carboxylic acids is 2. The predicted molar refractivity (Wildman–Crippen MR) is 67.3 cm³/mol. The van der Waals surface area contributed by atoms with Crippen molar-refractivity contribution in [2.75, 3.05) is 13.1 Å². The number of rotatable bonds is 8. The molecule has 2 amide bonds. The number of carbonyl (C=O) groups excluding carboxylic acids is 2. The Kier molecular flexibility index (Phi) is 5.87. The fourth-order valence-corrected chi connectivity index (χ4v) is 1.85. The Labute approximate surface area is 121 Å². The molecule has 2 atom stereocenters. The molecule has 0 saturated heterocycles. The van der Waals surface area contributed by atoms with Crippen LogP contribution in [0.5, 0.6) is 0 Å². The van der Waals surface area contributed by atoms with Crippen LogP contribution in [0.4, 0.5) is 0 Å². The maximum atomic E-state index is 11.4. The highest BCUT2D eigenvalue weighted by atomic mass is 32.1. The molecule has 1 aliphatic heterocycles. The fourth-order valence-electron chi connectivity index (χ4n) is 1.59. The van der Waals surface area contributed by atoms with Crippen molar-refractivity contribution in [1.82, 2.24) is 10.2 Å². The van der Waals surface area contributed by atoms with Crippen LogP contribution in [-0.2, 0) is 30.6 Å². The number of hydrogen-bond donors (Lipinski definition) is 3. The van der Waals surface area contributed by atoms with E-state index in [0.717, 1.165) is 12.2 Å². The number of carbonyl (C=O) groups is 4. The largest absolute Gasteiger partial charge is 0.480 e. The minimum Gasteiger partial charge on any atom is -0.480 e. The first-order chi connectivity index (χ1) is 9.88. The van der Waals surface area contributed by atoms with Crippen LogP contribution in [0.25, 0.3) is 0 Å². The average molecular weight is 317 g/mol. The lowest BCUT2D eigenvalue weighted by molar-refractivity contribution is -0.153. The van der Waals surface area contributed by atoms with E-state index < -0.39 is 35.8 Å². The zero-order valence-electron chi connectivity index (χ0n) is 10.5. The SMILES string of the molecule is O=S=NC(CNCC(C(=O)O)N1C(=O)C=CC1=O)C(=O)O. The lowest BCUT2D eigenvalue weighted by Crippen LogP contribution is -2.51. The van der Waals surface area contributed by atoms with E-state index in [-0.39, 0.29) is 24.6 Å². The van der Waals surface area contributed by atoms with E-state index in [4.69, 9.17) is 10.2 Å². The third-order valence-corrected chi connectivity index (χ3v) is 2.91. The Balaban J connectivity index is 2.67. The van der Waals surface area contributed by atoms with Crippen molar-refractivity contribution in [2.24, 2.45) is 4.36 Å². The normalized spacial score (nSPS) is 16.7. The summed E-state index contributed by atoms with van der Waals surface area (Å²) < 4.78 is 13.4. The number of amides is 2. The molecule has 1 heterocycles. The van der Waals surface area contributed by atoms with Gasteiger partial charge in [0.25, 0.3) is 11.8 Å². The molecule has 0 aliphatic carbocycles. The highest BCUT2D eigenvalue weighted by Crippen LogP contribution is 2.09. The Morgan fingerprint density at radius 2 is 1.76 bits per heavy atom. The van der Waals surface area contributed by atoms with Crippen LogP contribution in [-0.4, -0.2) is 68.2 Å². The summed E-state index contributed by atoms with van der Waals surface area (Å²) in [5.41, 5.74) is 0. The molecule has 1 aliphatic rings. The summed E-state index contributed by atoms with van der Waals surface area (Å²) in [6.07, 6.45) is 1.89. The van der Waals surface area contributed by atoms with Crippen LogP contribution >= 0.6 is 0 Å². The van der Waals surface area contributed by atoms with Gasteiger partial charge in [-0.15, -0.1) is 0 Å². The van der Waals surface area contributed by atoms with Gasteiger partial charge in [0, 0.05) is 25.2 Å². The van der Waals surface area contributed by atoms with Crippen LogP contribution in [0.15, 0.2) is 16.5 Å². The van der Waals surface area contributed by atoms with Gasteiger partial charge in [-0.1, -0.05) is 0 Å². The van der Waals surface area contributed by atoms with Crippen molar-refractivity contribution < 1.29 is 33.6 Å². The molecule has 11 heteroatoms. The summed E-state index contributed by atoms with van der Waals surface area (Å²) in [5, 5.41) is 20.3. The van der Waals surface area contributed by atoms with Crippen LogP contribution in [0.2, 0.25) is 0 Å². The van der Waals surface area contributed by atoms with Gasteiger partial charge in [-0.05, 0) is 0 Å². The molecule has 1 rings (SSSR count). The van der Waals surface area contributed by atoms with Crippen molar-refractivity contribution in [2.45, 2.75) is 12.1 Å². The van der Waals surface area contributed by atoms with Crippen LogP contribution in [0, 0.1) is 0 Å². The predicted octanol–water partition coefficient (Wildman–Crippen LogP) is -2.20. The maximum absolute atomic E-state index is 11.4. The van der Waals surface area contributed by atoms with E-state index in [1.165, 1.54) is 0 Å². The second-order valence-electron chi connectivity index (χ2n) is 3.93. The van der Waals surface area contributed by atoms with Crippen molar-refractivity contribution in [3.05, 3.63) is 12.2 Å². The van der Waals surface area contributed by atoms with Gasteiger partial charge in [-0.2, -0.15) is 8.57 Å². The molecule has 0 spiro atoms. The van der Waals surface area contributed by atoms with E-state index in [1.54, 1.807) is 0 Å². The molecule has 0 fully saturated rings. The highest BCUT2D eigenvalue weighted by molar-refractivity contribution is 7.54. The topological polar surface area (TPSA) is 153 Å². The minimum absolute atomic E-state index is 0.262. The highest BCUT2D eigenvalue weighted by Gasteiger charge is 2.35. The summed E-state index contributed by atoms with van der Waals surface area (Å²) >= 11 is -0.262. The molecular formula is C10H11N3O7S. The summed E-state index contributed by atoms with van der Waals surface area (Å²) in [7, 11) is 0. The lowest BCUT2D eigenvalue weighted by atomic mass is 10.2. The van der Waals surface area contributed by atoms with Gasteiger partial charge in [-0.3, -0.25) is 14.5 Å². The molecule has 21 heavy (non-hydrogen) atoms. The fraction of sp³-hybridized carbons (Fsp3) is 0.400. The van der Waals surface area contributed by atoms with Gasteiger partial charge >= 0.3 is 11.9 Å². The summed E-state index contributed by atoms with van der Waals surface area (Å²) in [5.74, 6) is -4.30. The van der Waals surface area contributed by atoms with Gasteiger partial charge < -0.3 is 15.5 Å². The van der Waals surface area contributed by atoms with Gasteiger partial charge in [0.2, 0.25) is 0 Å². The first kappa shape index (κ1) is 16.7. The number of carboxylic acids is 2. The Bertz CT molecular complexity index is 535. The first-order valence-corrected chi connectivity index (χ1v) is 6.29. The minimum atomic E-state index is -1.48. The average Bonchev–Trinajstić information content (AvgIpc) is 2.73. The molecule has 114 valence electrons. The molecular weight excluding hydrogens is 306 g/mol. The van der Waals surface area contributed by atoms with Crippen LogP contribution < -0.4 is 5.32 Å². The third-order valence-electron chi connectivity index (χ3n) is 2.57. The zero-order chi connectivity index (χ0) is 16.0. The van der Waals surface area contributed by atoms with Crippen molar-refractivity contribution >= 4 is 35.2 Å². The number of nitrogens with zero attached hydrogens (tertiary/aromatic N) is 2. The molecule has 0 radical (unpaired) electrons. The molecule has 0 saturated carbocycles. The van der Waals surface area contributed by atoms with Gasteiger partial charge in [0.05, 0.1) is 0 Å². The Hall–Kier alpha value is -2.40. The second kappa shape index (κ2) is 7.40. The number of hydrogen-bond acceptors (Lipinski definition) is 7. The van der Waals surface area contributed by atoms with Crippen molar-refractivity contribution in [3.8, 4) is 0 Å². The molecule has 3 N–H and O–H groups in total. The monoisotopic (exact) mass is 317 g/mol. The van der Waals surface area contributed by atoms with Crippen molar-refractivity contribution in [3.63, 3.8) is 0 Å². The van der Waals surface area contributed by atoms with E-state index in [2.05, 4.69) is 9.68 Å². The van der Waals surface area contributed by atoms with Gasteiger partial charge in [-0.25, -0.2) is 9.59 Å². The van der Waals surface area contributed by atoms with E-state index in [1.807, 2.05) is 0 Å². The first-order valence-electron chi connectivity index (χ1n) is 5.59. The third kappa shape index (κ3) is 4.29. The smallest absolute Gasteiger partial charge is 0.330 e. The van der Waals surface area contributed by atoms with Gasteiger partial charge in [0.1, 0.15) is 6.04 Å². The standard InChI is InChI=1S/C10H11N3O7S/c14-7-1-2-8(15)13(7)6(10(18)19)4-11-3-5(9(16)17)12-21-20/h1-2,5-6,11H,3-4H2,(H,16,17)(H,18,19). The maximum Gasteiger partial charge on any atom is 0.330 e. The van der Waals surface area contributed by atoms with Crippen LogP contribution in [0.1, 0.15) is 0 Å². The Morgan fingerprint density at radius 3 is 2.19 bits per heavy atom. The Morgan fingerprint density at radius 1 is 1.19 bits per heavy atom. The van der Waals surface area contributed by atoms with Crippen LogP contribution in [0.3, 0.4) is 0 Å². The molecule has 0 bridgehead atoms. The molecule has 10 nitrogen and oxygen atoms in total. The molecule has 0 aromatic carbocycles. The quantitative estimate of drug-likeness (QED) is 0.426. The van der Waals surface area contributed by atoms with E-state index in [9.17, 15) is 23.4 Å². The number of nitrogens with one attached hydrogen (secondary N) is 1. The molecule has 0 aromatic rings. The summed E-state index contributed by atoms with van der Waals surface area (Å²) in [4.78, 5) is 45.2.